The molecule has 3 nitrogen and oxygen atoms in total. The van der Waals surface area contributed by atoms with E-state index in [9.17, 15) is 5.11 Å². The smallest absolute Gasteiger partial charge is 0.0596 e. The number of fused-ring (bicyclic) bond motifs is 1. The summed E-state index contributed by atoms with van der Waals surface area (Å²) in [5, 5.41) is 11.7. The van der Waals surface area contributed by atoms with Gasteiger partial charge < -0.3 is 15.0 Å². The molecule has 1 saturated heterocycles. The molecule has 0 bridgehead atoms. The van der Waals surface area contributed by atoms with Crippen molar-refractivity contribution in [1.82, 2.24) is 9.88 Å². The van der Waals surface area contributed by atoms with Crippen LogP contribution >= 0.6 is 0 Å². The summed E-state index contributed by atoms with van der Waals surface area (Å²) in [6.07, 6.45) is 2.91. The Morgan fingerprint density at radius 3 is 2.95 bits per heavy atom. The molecule has 2 heterocycles. The van der Waals surface area contributed by atoms with Crippen LogP contribution in [0, 0.1) is 12.8 Å². The molecule has 21 heavy (non-hydrogen) atoms. The number of H-pyrrole nitrogens is 1. The fraction of sp³-hybridized carbons (Fsp3) is 0.556. The number of hydrogen-bond acceptors (Lipinski definition) is 2. The molecule has 1 aliphatic rings. The molecule has 0 saturated carbocycles. The SMILES string of the molecule is CCCN1CCC(O)C(Cc2c(C)[nH]c3ccccc23)C1. The van der Waals surface area contributed by atoms with Crippen LogP contribution in [0.4, 0.5) is 0 Å². The molecule has 1 aromatic carbocycles. The summed E-state index contributed by atoms with van der Waals surface area (Å²) in [5.41, 5.74) is 3.84. The standard InChI is InChI=1S/C18H26N2O/c1-3-9-20-10-8-18(21)14(12-20)11-16-13(2)19-17-7-5-4-6-15(16)17/h4-7,14,18-19,21H,3,8-12H2,1-2H3. The van der Waals surface area contributed by atoms with Crippen LogP contribution in [0.25, 0.3) is 10.9 Å². The van der Waals surface area contributed by atoms with Crippen LogP contribution in [-0.4, -0.2) is 40.7 Å². The fourth-order valence-electron chi connectivity index (χ4n) is 3.68. The maximum absolute atomic E-state index is 10.4. The Morgan fingerprint density at radius 2 is 2.14 bits per heavy atom. The fourth-order valence-corrected chi connectivity index (χ4v) is 3.68. The number of rotatable bonds is 4. The lowest BCUT2D eigenvalue weighted by molar-refractivity contribution is 0.0271. The first-order chi connectivity index (χ1) is 10.2. The van der Waals surface area contributed by atoms with E-state index >= 15 is 0 Å². The zero-order chi connectivity index (χ0) is 14.8. The van der Waals surface area contributed by atoms with Gasteiger partial charge >= 0.3 is 0 Å². The Bertz CT molecular complexity index is 604. The number of benzene rings is 1. The number of nitrogens with one attached hydrogen (secondary N) is 1. The number of aryl methyl sites for hydroxylation is 1. The molecule has 3 rings (SSSR count). The largest absolute Gasteiger partial charge is 0.393 e. The molecule has 0 aliphatic carbocycles. The average molecular weight is 286 g/mol. The minimum atomic E-state index is -0.161. The predicted molar refractivity (Wildman–Crippen MR) is 87.6 cm³/mol. The molecule has 2 unspecified atom stereocenters. The Labute approximate surface area is 127 Å². The van der Waals surface area contributed by atoms with E-state index in [-0.39, 0.29) is 6.10 Å². The molecule has 0 radical (unpaired) electrons. The summed E-state index contributed by atoms with van der Waals surface area (Å²) in [7, 11) is 0. The number of aromatic amines is 1. The van der Waals surface area contributed by atoms with Gasteiger partial charge in [0.2, 0.25) is 0 Å². The lowest BCUT2D eigenvalue weighted by Gasteiger charge is -2.36. The van der Waals surface area contributed by atoms with Gasteiger partial charge in [0.05, 0.1) is 6.10 Å². The summed E-state index contributed by atoms with van der Waals surface area (Å²) in [6, 6.07) is 8.49. The third-order valence-corrected chi connectivity index (χ3v) is 4.81. The van der Waals surface area contributed by atoms with Gasteiger partial charge in [-0.25, -0.2) is 0 Å². The number of piperidine rings is 1. The van der Waals surface area contributed by atoms with Gasteiger partial charge in [0.25, 0.3) is 0 Å². The van der Waals surface area contributed by atoms with Gasteiger partial charge in [0.15, 0.2) is 0 Å². The lowest BCUT2D eigenvalue weighted by Crippen LogP contribution is -2.44. The van der Waals surface area contributed by atoms with Crippen LogP contribution in [0.15, 0.2) is 24.3 Å². The van der Waals surface area contributed by atoms with Gasteiger partial charge in [-0.05, 0) is 44.4 Å². The first-order valence-corrected chi connectivity index (χ1v) is 8.15. The highest BCUT2D eigenvalue weighted by molar-refractivity contribution is 5.84. The molecule has 0 amide bonds. The van der Waals surface area contributed by atoms with E-state index in [0.717, 1.165) is 32.5 Å². The Hall–Kier alpha value is -1.32. The summed E-state index contributed by atoms with van der Waals surface area (Å²) in [4.78, 5) is 5.97. The van der Waals surface area contributed by atoms with Gasteiger partial charge in [-0.3, -0.25) is 0 Å². The molecular formula is C18H26N2O. The third kappa shape index (κ3) is 2.99. The van der Waals surface area contributed by atoms with Gasteiger partial charge in [0, 0.05) is 35.6 Å². The van der Waals surface area contributed by atoms with Crippen molar-refractivity contribution in [2.75, 3.05) is 19.6 Å². The van der Waals surface area contributed by atoms with Crippen molar-refractivity contribution in [1.29, 1.82) is 0 Å². The molecule has 0 spiro atoms. The van der Waals surface area contributed by atoms with Crippen molar-refractivity contribution in [3.8, 4) is 0 Å². The number of para-hydroxylation sites is 1. The van der Waals surface area contributed by atoms with E-state index in [2.05, 4.69) is 48.0 Å². The van der Waals surface area contributed by atoms with Crippen LogP contribution in [0.5, 0.6) is 0 Å². The Kier molecular flexibility index (Phi) is 4.32. The first-order valence-electron chi connectivity index (χ1n) is 8.15. The normalized spacial score (nSPS) is 23.8. The van der Waals surface area contributed by atoms with Crippen molar-refractivity contribution < 1.29 is 5.11 Å². The van der Waals surface area contributed by atoms with Gasteiger partial charge in [0.1, 0.15) is 0 Å². The number of hydrogen-bond donors (Lipinski definition) is 2. The molecule has 1 aromatic heterocycles. The van der Waals surface area contributed by atoms with Gasteiger partial charge in [-0.2, -0.15) is 0 Å². The van der Waals surface area contributed by atoms with Crippen LogP contribution in [0.2, 0.25) is 0 Å². The van der Waals surface area contributed by atoms with Gasteiger partial charge in [-0.1, -0.05) is 25.1 Å². The first kappa shape index (κ1) is 14.6. The summed E-state index contributed by atoms with van der Waals surface area (Å²) in [5.74, 6) is 0.350. The Morgan fingerprint density at radius 1 is 1.33 bits per heavy atom. The second kappa shape index (κ2) is 6.20. The maximum atomic E-state index is 10.4. The van der Waals surface area contributed by atoms with Crippen molar-refractivity contribution in [2.24, 2.45) is 5.92 Å². The second-order valence-corrected chi connectivity index (χ2v) is 6.39. The highest BCUT2D eigenvalue weighted by Gasteiger charge is 2.28. The summed E-state index contributed by atoms with van der Waals surface area (Å²) < 4.78 is 0. The van der Waals surface area contributed by atoms with Gasteiger partial charge in [-0.15, -0.1) is 0 Å². The molecular weight excluding hydrogens is 260 g/mol. The summed E-state index contributed by atoms with van der Waals surface area (Å²) in [6.45, 7) is 7.58. The minimum Gasteiger partial charge on any atom is -0.393 e. The van der Waals surface area contributed by atoms with Crippen LogP contribution in [0.1, 0.15) is 31.0 Å². The molecule has 2 aromatic rings. The zero-order valence-electron chi connectivity index (χ0n) is 13.1. The zero-order valence-corrected chi connectivity index (χ0v) is 13.1. The monoisotopic (exact) mass is 286 g/mol. The molecule has 1 fully saturated rings. The Balaban J connectivity index is 1.81. The minimum absolute atomic E-state index is 0.161. The van der Waals surface area contributed by atoms with E-state index in [1.54, 1.807) is 0 Å². The highest BCUT2D eigenvalue weighted by Crippen LogP contribution is 2.28. The van der Waals surface area contributed by atoms with Crippen LogP contribution in [0.3, 0.4) is 0 Å². The molecule has 3 heteroatoms. The second-order valence-electron chi connectivity index (χ2n) is 6.39. The number of aliphatic hydroxyl groups excluding tert-OH is 1. The maximum Gasteiger partial charge on any atom is 0.0596 e. The molecule has 1 aliphatic heterocycles. The number of nitrogens with zero attached hydrogens (tertiary/aromatic N) is 1. The number of aliphatic hydroxyl groups is 1. The lowest BCUT2D eigenvalue weighted by atomic mass is 9.87. The number of aromatic nitrogens is 1. The highest BCUT2D eigenvalue weighted by atomic mass is 16.3. The van der Waals surface area contributed by atoms with E-state index in [1.807, 2.05) is 0 Å². The molecule has 114 valence electrons. The molecule has 2 atom stereocenters. The van der Waals surface area contributed by atoms with Crippen molar-refractivity contribution >= 4 is 10.9 Å². The molecule has 2 N–H and O–H groups in total. The average Bonchev–Trinajstić information content (AvgIpc) is 2.79. The van der Waals surface area contributed by atoms with Crippen LogP contribution in [-0.2, 0) is 6.42 Å². The van der Waals surface area contributed by atoms with E-state index in [1.165, 1.54) is 28.6 Å². The van der Waals surface area contributed by atoms with Crippen molar-refractivity contribution in [2.45, 2.75) is 39.2 Å². The summed E-state index contributed by atoms with van der Waals surface area (Å²) >= 11 is 0. The number of likely N-dealkylation sites (tertiary alicyclic amines) is 1. The van der Waals surface area contributed by atoms with E-state index < -0.39 is 0 Å². The van der Waals surface area contributed by atoms with E-state index in [0.29, 0.717) is 5.92 Å². The van der Waals surface area contributed by atoms with Crippen LogP contribution < -0.4 is 0 Å². The third-order valence-electron chi connectivity index (χ3n) is 4.81. The topological polar surface area (TPSA) is 39.3 Å². The van der Waals surface area contributed by atoms with E-state index in [4.69, 9.17) is 0 Å². The quantitative estimate of drug-likeness (QED) is 0.906. The van der Waals surface area contributed by atoms with Crippen molar-refractivity contribution in [3.05, 3.63) is 35.5 Å². The van der Waals surface area contributed by atoms with Crippen molar-refractivity contribution in [3.63, 3.8) is 0 Å². The predicted octanol–water partition coefficient (Wildman–Crippen LogP) is 3.11.